The van der Waals surface area contributed by atoms with Gasteiger partial charge in [-0.25, -0.2) is 0 Å². The molecule has 21 heavy (non-hydrogen) atoms. The maximum Gasteiger partial charge on any atom is 0.328 e. The van der Waals surface area contributed by atoms with Crippen LogP contribution in [0.15, 0.2) is 29.4 Å². The van der Waals surface area contributed by atoms with Gasteiger partial charge in [0.1, 0.15) is 0 Å². The Morgan fingerprint density at radius 3 is 2.38 bits per heavy atom. The smallest absolute Gasteiger partial charge is 0.268 e. The highest BCUT2D eigenvalue weighted by atomic mass is 32.2. The molecule has 0 aliphatic carbocycles. The Morgan fingerprint density at radius 1 is 1.24 bits per heavy atom. The predicted octanol–water partition coefficient (Wildman–Crippen LogP) is 4.07. The van der Waals surface area contributed by atoms with Crippen LogP contribution in [-0.4, -0.2) is 19.9 Å². The predicted molar refractivity (Wildman–Crippen MR) is 87.1 cm³/mol. The summed E-state index contributed by atoms with van der Waals surface area (Å²) < 4.78 is 27.9. The van der Waals surface area contributed by atoms with Crippen molar-refractivity contribution in [2.45, 2.75) is 52.9 Å². The third kappa shape index (κ3) is 5.87. The molecule has 0 saturated heterocycles. The van der Waals surface area contributed by atoms with E-state index in [1.165, 1.54) is 5.56 Å². The fourth-order valence-corrected chi connectivity index (χ4v) is 2.75. The lowest BCUT2D eigenvalue weighted by atomic mass is 9.97. The zero-order valence-corrected chi connectivity index (χ0v) is 14.1. The van der Waals surface area contributed by atoms with Gasteiger partial charge in [-0.1, -0.05) is 56.6 Å². The number of oxime groups is 1. The average molecular weight is 311 g/mol. The van der Waals surface area contributed by atoms with Crippen LogP contribution in [0.1, 0.15) is 64.0 Å². The highest BCUT2D eigenvalue weighted by molar-refractivity contribution is 7.86. The van der Waals surface area contributed by atoms with E-state index in [1.807, 2.05) is 31.2 Å². The SMILES string of the molecule is CCCCS(=O)(=O)ON=C(C)c1ccc(C(C)CC)cc1. The van der Waals surface area contributed by atoms with Crippen molar-refractivity contribution in [2.75, 3.05) is 5.75 Å². The fourth-order valence-electron chi connectivity index (χ4n) is 1.81. The highest BCUT2D eigenvalue weighted by Crippen LogP contribution is 2.19. The van der Waals surface area contributed by atoms with Gasteiger partial charge in [0.15, 0.2) is 0 Å². The Balaban J connectivity index is 2.74. The van der Waals surface area contributed by atoms with E-state index in [9.17, 15) is 8.42 Å². The van der Waals surface area contributed by atoms with E-state index in [2.05, 4.69) is 19.0 Å². The second-order valence-electron chi connectivity index (χ2n) is 5.30. The topological polar surface area (TPSA) is 55.7 Å². The lowest BCUT2D eigenvalue weighted by Gasteiger charge is -2.09. The van der Waals surface area contributed by atoms with E-state index in [0.717, 1.165) is 18.4 Å². The van der Waals surface area contributed by atoms with E-state index in [-0.39, 0.29) is 5.75 Å². The first-order chi connectivity index (χ1) is 9.89. The molecule has 0 aliphatic rings. The molecule has 5 heteroatoms. The van der Waals surface area contributed by atoms with Crippen LogP contribution < -0.4 is 0 Å². The van der Waals surface area contributed by atoms with E-state index < -0.39 is 10.1 Å². The van der Waals surface area contributed by atoms with Crippen molar-refractivity contribution >= 4 is 15.8 Å². The first-order valence-corrected chi connectivity index (χ1v) is 9.03. The summed E-state index contributed by atoms with van der Waals surface area (Å²) in [6.45, 7) is 8.01. The second-order valence-corrected chi connectivity index (χ2v) is 6.97. The highest BCUT2D eigenvalue weighted by Gasteiger charge is 2.11. The minimum atomic E-state index is -3.56. The van der Waals surface area contributed by atoms with Crippen LogP contribution in [0.3, 0.4) is 0 Å². The maximum atomic E-state index is 11.6. The summed E-state index contributed by atoms with van der Waals surface area (Å²) >= 11 is 0. The molecular formula is C16H25NO3S. The first kappa shape index (κ1) is 17.7. The van der Waals surface area contributed by atoms with Crippen molar-refractivity contribution in [2.24, 2.45) is 5.16 Å². The zero-order valence-electron chi connectivity index (χ0n) is 13.3. The second kappa shape index (κ2) is 8.17. The number of hydrogen-bond acceptors (Lipinski definition) is 4. The molecule has 0 aromatic heterocycles. The van der Waals surface area contributed by atoms with Crippen LogP contribution in [-0.2, 0) is 14.4 Å². The molecule has 0 saturated carbocycles. The van der Waals surface area contributed by atoms with Gasteiger partial charge in [-0.05, 0) is 36.8 Å². The quantitative estimate of drug-likeness (QED) is 0.537. The minimum Gasteiger partial charge on any atom is -0.268 e. The fraction of sp³-hybridized carbons (Fsp3) is 0.562. The molecule has 0 bridgehead atoms. The van der Waals surface area contributed by atoms with Gasteiger partial charge in [-0.2, -0.15) is 8.42 Å². The maximum absolute atomic E-state index is 11.6. The van der Waals surface area contributed by atoms with E-state index in [4.69, 9.17) is 4.28 Å². The van der Waals surface area contributed by atoms with Gasteiger partial charge in [-0.15, -0.1) is 0 Å². The molecule has 0 heterocycles. The Labute approximate surface area is 128 Å². The summed E-state index contributed by atoms with van der Waals surface area (Å²) in [5.41, 5.74) is 2.70. The standard InChI is InChI=1S/C16H25NO3S/c1-5-7-12-21(18,19)20-17-14(4)16-10-8-15(9-11-16)13(3)6-2/h8-11,13H,5-7,12H2,1-4H3. The molecule has 0 fully saturated rings. The van der Waals surface area contributed by atoms with E-state index in [0.29, 0.717) is 18.1 Å². The number of benzene rings is 1. The minimum absolute atomic E-state index is 0.00718. The summed E-state index contributed by atoms with van der Waals surface area (Å²) in [6, 6.07) is 7.99. The zero-order chi connectivity index (χ0) is 15.9. The lowest BCUT2D eigenvalue weighted by molar-refractivity contribution is 0.338. The Kier molecular flexibility index (Phi) is 6.89. The van der Waals surface area contributed by atoms with Crippen LogP contribution in [0.25, 0.3) is 0 Å². The van der Waals surface area contributed by atoms with Crippen LogP contribution in [0, 0.1) is 0 Å². The molecule has 1 aromatic rings. The Morgan fingerprint density at radius 2 is 1.86 bits per heavy atom. The molecule has 1 rings (SSSR count). The van der Waals surface area contributed by atoms with Crippen molar-refractivity contribution in [1.29, 1.82) is 0 Å². The summed E-state index contributed by atoms with van der Waals surface area (Å²) in [4.78, 5) is 0. The van der Waals surface area contributed by atoms with Crippen molar-refractivity contribution in [3.8, 4) is 0 Å². The van der Waals surface area contributed by atoms with Crippen molar-refractivity contribution in [3.05, 3.63) is 35.4 Å². The molecule has 118 valence electrons. The molecular weight excluding hydrogens is 286 g/mol. The average Bonchev–Trinajstić information content (AvgIpc) is 2.50. The van der Waals surface area contributed by atoms with Gasteiger partial charge in [0.05, 0.1) is 11.5 Å². The van der Waals surface area contributed by atoms with Crippen molar-refractivity contribution in [1.82, 2.24) is 0 Å². The van der Waals surface area contributed by atoms with Crippen LogP contribution in [0.5, 0.6) is 0 Å². The number of hydrogen-bond donors (Lipinski definition) is 0. The Hall–Kier alpha value is -1.36. The molecule has 0 amide bonds. The molecule has 1 aromatic carbocycles. The largest absolute Gasteiger partial charge is 0.328 e. The summed E-state index contributed by atoms with van der Waals surface area (Å²) in [6.07, 6.45) is 2.48. The van der Waals surface area contributed by atoms with Gasteiger partial charge in [0.2, 0.25) is 0 Å². The number of nitrogens with zero attached hydrogens (tertiary/aromatic N) is 1. The summed E-state index contributed by atoms with van der Waals surface area (Å²) in [5, 5.41) is 3.74. The van der Waals surface area contributed by atoms with Gasteiger partial charge in [0, 0.05) is 0 Å². The summed E-state index contributed by atoms with van der Waals surface area (Å²) in [5.74, 6) is 0.523. The number of unbranched alkanes of at least 4 members (excludes halogenated alkanes) is 1. The molecule has 1 atom stereocenters. The molecule has 0 spiro atoms. The van der Waals surface area contributed by atoms with Crippen LogP contribution in [0.2, 0.25) is 0 Å². The lowest BCUT2D eigenvalue weighted by Crippen LogP contribution is -2.09. The van der Waals surface area contributed by atoms with Crippen molar-refractivity contribution < 1.29 is 12.7 Å². The van der Waals surface area contributed by atoms with Gasteiger partial charge in [0.25, 0.3) is 0 Å². The molecule has 4 nitrogen and oxygen atoms in total. The summed E-state index contributed by atoms with van der Waals surface area (Å²) in [7, 11) is -3.56. The third-order valence-corrected chi connectivity index (χ3v) is 4.64. The van der Waals surface area contributed by atoms with Gasteiger partial charge >= 0.3 is 10.1 Å². The Bertz CT molecular complexity index is 562. The van der Waals surface area contributed by atoms with E-state index in [1.54, 1.807) is 6.92 Å². The molecule has 1 unspecified atom stereocenters. The van der Waals surface area contributed by atoms with Crippen LogP contribution >= 0.6 is 0 Å². The monoisotopic (exact) mass is 311 g/mol. The first-order valence-electron chi connectivity index (χ1n) is 7.45. The van der Waals surface area contributed by atoms with Crippen molar-refractivity contribution in [3.63, 3.8) is 0 Å². The van der Waals surface area contributed by atoms with Crippen LogP contribution in [0.4, 0.5) is 0 Å². The van der Waals surface area contributed by atoms with E-state index >= 15 is 0 Å². The molecule has 0 aliphatic heterocycles. The van der Waals surface area contributed by atoms with Gasteiger partial charge in [-0.3, -0.25) is 4.28 Å². The normalized spacial score (nSPS) is 14.0. The van der Waals surface area contributed by atoms with Gasteiger partial charge < -0.3 is 0 Å². The number of rotatable bonds is 8. The third-order valence-electron chi connectivity index (χ3n) is 3.55. The molecule has 0 N–H and O–H groups in total. The molecule has 0 radical (unpaired) electrons.